The zero-order valence-corrected chi connectivity index (χ0v) is 16.8. The number of carbonyl (C=O) groups is 1. The van der Waals surface area contributed by atoms with E-state index in [4.69, 9.17) is 17.3 Å². The maximum Gasteiger partial charge on any atom is 0.244 e. The molecule has 0 bridgehead atoms. The Morgan fingerprint density at radius 1 is 1.21 bits per heavy atom. The molecule has 1 atom stereocenters. The third-order valence-corrected chi connectivity index (χ3v) is 4.42. The van der Waals surface area contributed by atoms with Gasteiger partial charge in [0.15, 0.2) is 0 Å². The number of unbranched alkanes of at least 4 members (excludes halogenated alkanes) is 2. The Bertz CT molecular complexity index is 715. The number of hydrogen-bond donors (Lipinski definition) is 6. The summed E-state index contributed by atoms with van der Waals surface area (Å²) in [6.45, 7) is 0.926. The summed E-state index contributed by atoms with van der Waals surface area (Å²) < 4.78 is 0. The van der Waals surface area contributed by atoms with Crippen LogP contribution in [-0.4, -0.2) is 30.3 Å². The number of hydrogen-bond acceptors (Lipinski definition) is 7. The van der Waals surface area contributed by atoms with Crippen LogP contribution in [0.1, 0.15) is 37.7 Å². The highest BCUT2D eigenvalue weighted by Gasteiger charge is 2.08. The summed E-state index contributed by atoms with van der Waals surface area (Å²) in [6, 6.07) is 9.67. The van der Waals surface area contributed by atoms with Gasteiger partial charge in [-0.3, -0.25) is 10.5 Å². The molecule has 1 aliphatic rings. The normalized spacial score (nSPS) is 16.3. The van der Waals surface area contributed by atoms with Gasteiger partial charge in [-0.05, 0) is 37.3 Å². The average molecular weight is 400 g/mol. The number of carbonyl (C=O) groups excluding carboxylic acids is 1. The highest BCUT2D eigenvalue weighted by atomic mass is 16.1. The lowest BCUT2D eigenvalue weighted by atomic mass is 10.1. The first-order valence-electron chi connectivity index (χ1n) is 9.98. The lowest BCUT2D eigenvalue weighted by Gasteiger charge is -2.15. The third kappa shape index (κ3) is 9.68. The molecule has 0 saturated carbocycles. The summed E-state index contributed by atoms with van der Waals surface area (Å²) in [6.07, 6.45) is 11.7. The van der Waals surface area contributed by atoms with Crippen LogP contribution in [0.2, 0.25) is 0 Å². The Morgan fingerprint density at radius 2 is 2.00 bits per heavy atom. The van der Waals surface area contributed by atoms with Gasteiger partial charge in [0.25, 0.3) is 0 Å². The van der Waals surface area contributed by atoms with Crippen molar-refractivity contribution in [2.75, 3.05) is 13.1 Å². The van der Waals surface area contributed by atoms with Crippen LogP contribution in [0.5, 0.6) is 0 Å². The monoisotopic (exact) mass is 399 g/mol. The van der Waals surface area contributed by atoms with Crippen molar-refractivity contribution in [2.45, 2.75) is 38.4 Å². The largest absolute Gasteiger partial charge is 0.401 e. The van der Waals surface area contributed by atoms with Crippen LogP contribution in [0.3, 0.4) is 0 Å². The van der Waals surface area contributed by atoms with Gasteiger partial charge in [0.2, 0.25) is 5.91 Å². The Kier molecular flexibility index (Phi) is 9.61. The first-order chi connectivity index (χ1) is 14.0. The molecule has 1 heterocycles. The number of nitrogens with zero attached hydrogens (tertiary/aromatic N) is 1. The predicted octanol–water partition coefficient (Wildman–Crippen LogP) is 1.02. The smallest absolute Gasteiger partial charge is 0.244 e. The molecule has 0 aromatic heterocycles. The van der Waals surface area contributed by atoms with Gasteiger partial charge < -0.3 is 26.7 Å². The first kappa shape index (κ1) is 22.3. The van der Waals surface area contributed by atoms with Crippen LogP contribution in [0.15, 0.2) is 60.2 Å². The van der Waals surface area contributed by atoms with Crippen LogP contribution in [0, 0.1) is 0 Å². The minimum Gasteiger partial charge on any atom is -0.401 e. The Labute approximate surface area is 172 Å². The number of amides is 1. The van der Waals surface area contributed by atoms with Crippen LogP contribution >= 0.6 is 0 Å². The van der Waals surface area contributed by atoms with Crippen molar-refractivity contribution >= 4 is 12.0 Å². The van der Waals surface area contributed by atoms with Crippen molar-refractivity contribution in [2.24, 2.45) is 17.3 Å². The molecule has 1 aliphatic heterocycles. The average Bonchev–Trinajstić information content (AvgIpc) is 3.12. The number of hydrazine groups is 1. The van der Waals surface area contributed by atoms with Gasteiger partial charge in [-0.25, -0.2) is 5.84 Å². The fraction of sp³-hybridized carbons (Fsp3) is 0.381. The Hall–Kier alpha value is -2.97. The molecule has 2 rings (SSSR count). The van der Waals surface area contributed by atoms with Gasteiger partial charge in [0, 0.05) is 36.4 Å². The third-order valence-electron chi connectivity index (χ3n) is 4.42. The van der Waals surface area contributed by atoms with E-state index < -0.39 is 0 Å². The summed E-state index contributed by atoms with van der Waals surface area (Å²) in [5, 5.41) is 10.5. The van der Waals surface area contributed by atoms with E-state index in [0.29, 0.717) is 13.1 Å². The van der Waals surface area contributed by atoms with Crippen LogP contribution < -0.4 is 33.3 Å². The number of nitrogens with one attached hydrogen (secondary N) is 3. The zero-order chi connectivity index (χ0) is 20.9. The van der Waals surface area contributed by atoms with Gasteiger partial charge in [0.1, 0.15) is 6.29 Å². The zero-order valence-electron chi connectivity index (χ0n) is 16.8. The van der Waals surface area contributed by atoms with Crippen molar-refractivity contribution in [3.63, 3.8) is 0 Å². The lowest BCUT2D eigenvalue weighted by molar-refractivity contribution is -0.116. The maximum atomic E-state index is 11.8. The summed E-state index contributed by atoms with van der Waals surface area (Å²) in [5.74, 6) is 5.77. The molecule has 0 radical (unpaired) electrons. The van der Waals surface area contributed by atoms with E-state index in [1.54, 1.807) is 12.3 Å². The van der Waals surface area contributed by atoms with E-state index >= 15 is 0 Å². The second-order valence-electron chi connectivity index (χ2n) is 7.00. The van der Waals surface area contributed by atoms with Gasteiger partial charge in [-0.2, -0.15) is 0 Å². The Morgan fingerprint density at radius 3 is 2.72 bits per heavy atom. The van der Waals surface area contributed by atoms with Crippen molar-refractivity contribution in [1.29, 1.82) is 0 Å². The number of nitrogens with two attached hydrogens (primary N) is 3. The van der Waals surface area contributed by atoms with Gasteiger partial charge in [-0.15, -0.1) is 0 Å². The molecule has 8 nitrogen and oxygen atoms in total. The first-order valence-corrected chi connectivity index (χ1v) is 9.98. The molecular weight excluding hydrogens is 366 g/mol. The number of benzene rings is 1. The molecule has 1 amide bonds. The molecule has 8 heteroatoms. The summed E-state index contributed by atoms with van der Waals surface area (Å²) >= 11 is 0. The predicted molar refractivity (Wildman–Crippen MR) is 117 cm³/mol. The number of allylic oxidation sites excluding steroid dienone is 2. The highest BCUT2D eigenvalue weighted by Crippen LogP contribution is 2.11. The maximum absolute atomic E-state index is 11.8. The highest BCUT2D eigenvalue weighted by molar-refractivity contribution is 5.91. The minimum absolute atomic E-state index is 0.151. The van der Waals surface area contributed by atoms with Crippen molar-refractivity contribution in [1.82, 2.24) is 21.0 Å². The van der Waals surface area contributed by atoms with E-state index in [2.05, 4.69) is 16.0 Å². The fourth-order valence-corrected chi connectivity index (χ4v) is 2.88. The van der Waals surface area contributed by atoms with E-state index in [1.807, 2.05) is 36.5 Å². The van der Waals surface area contributed by atoms with Crippen molar-refractivity contribution < 1.29 is 4.79 Å². The molecule has 9 N–H and O–H groups in total. The quantitative estimate of drug-likeness (QED) is 0.134. The van der Waals surface area contributed by atoms with Gasteiger partial charge in [-0.1, -0.05) is 36.8 Å². The topological polar surface area (TPSA) is 134 Å². The van der Waals surface area contributed by atoms with Gasteiger partial charge in [0.05, 0.1) is 6.54 Å². The standard InChI is InChI=1S/C21H33N7O/c22-18(9-5-2-6-10-19-15-26-21(23)27-19)16-28(24)14-13-25-20(29)12-11-17-7-3-1-4-8-17/h1,3-4,7-8,11-12,15-16,21,26-27H,2,5-6,9-10,13-14,22-24H2,(H,25,29)/b12-11+,18-16-. The molecule has 0 fully saturated rings. The molecule has 1 aromatic rings. The summed E-state index contributed by atoms with van der Waals surface area (Å²) in [4.78, 5) is 11.8. The molecule has 158 valence electrons. The molecule has 1 unspecified atom stereocenters. The van der Waals surface area contributed by atoms with E-state index in [9.17, 15) is 4.79 Å². The molecular formula is C21H33N7O. The van der Waals surface area contributed by atoms with Crippen LogP contribution in [-0.2, 0) is 4.79 Å². The van der Waals surface area contributed by atoms with E-state index in [-0.39, 0.29) is 12.2 Å². The second kappa shape index (κ2) is 12.5. The van der Waals surface area contributed by atoms with Crippen LogP contribution in [0.25, 0.3) is 6.08 Å². The molecule has 0 aliphatic carbocycles. The van der Waals surface area contributed by atoms with Crippen LogP contribution in [0.4, 0.5) is 0 Å². The minimum atomic E-state index is -0.163. The fourth-order valence-electron chi connectivity index (χ4n) is 2.88. The second-order valence-corrected chi connectivity index (χ2v) is 7.00. The molecule has 0 spiro atoms. The molecule has 29 heavy (non-hydrogen) atoms. The summed E-state index contributed by atoms with van der Waals surface area (Å²) in [7, 11) is 0. The SMILES string of the molecule is N/C(=C\N(N)CCNC(=O)/C=C/c1ccccc1)CCCCCC1=CNC(N)N1. The number of rotatable bonds is 12. The van der Waals surface area contributed by atoms with Crippen molar-refractivity contribution in [3.8, 4) is 0 Å². The molecule has 1 aromatic carbocycles. The summed E-state index contributed by atoms with van der Waals surface area (Å²) in [5.41, 5.74) is 14.6. The van der Waals surface area contributed by atoms with E-state index in [0.717, 1.165) is 49.1 Å². The van der Waals surface area contributed by atoms with Gasteiger partial charge >= 0.3 is 0 Å². The van der Waals surface area contributed by atoms with E-state index in [1.165, 1.54) is 11.1 Å². The lowest BCUT2D eigenvalue weighted by Crippen LogP contribution is -2.40. The van der Waals surface area contributed by atoms with Crippen molar-refractivity contribution in [3.05, 3.63) is 65.8 Å². The molecule has 0 saturated heterocycles. The Balaban J connectivity index is 1.53.